The molecule has 3 amide bonds. The van der Waals surface area contributed by atoms with Crippen molar-refractivity contribution in [3.63, 3.8) is 0 Å². The summed E-state index contributed by atoms with van der Waals surface area (Å²) < 4.78 is 5.24. The Hall–Kier alpha value is -2.94. The van der Waals surface area contributed by atoms with E-state index in [9.17, 15) is 19.2 Å². The van der Waals surface area contributed by atoms with Crippen LogP contribution < -0.4 is 21.3 Å². The number of rotatable bonds is 11. The summed E-state index contributed by atoms with van der Waals surface area (Å²) in [6.07, 6.45) is 0. The highest BCUT2D eigenvalue weighted by Gasteiger charge is 2.16. The molecule has 0 heterocycles. The van der Waals surface area contributed by atoms with Gasteiger partial charge in [-0.05, 0) is 18.7 Å². The molecule has 1 rings (SSSR count). The molecule has 0 bridgehead atoms. The van der Waals surface area contributed by atoms with Crippen LogP contribution >= 0.6 is 0 Å². The number of esters is 1. The zero-order chi connectivity index (χ0) is 21.8. The van der Waals surface area contributed by atoms with E-state index in [0.29, 0.717) is 29.9 Å². The van der Waals surface area contributed by atoms with E-state index in [0.717, 1.165) is 6.54 Å². The van der Waals surface area contributed by atoms with Crippen molar-refractivity contribution < 1.29 is 23.9 Å². The van der Waals surface area contributed by atoms with Crippen LogP contribution in [0.1, 0.15) is 43.6 Å². The van der Waals surface area contributed by atoms with Crippen LogP contribution in [0.4, 0.5) is 5.69 Å². The van der Waals surface area contributed by atoms with Gasteiger partial charge in [0.1, 0.15) is 6.61 Å². The van der Waals surface area contributed by atoms with E-state index in [4.69, 9.17) is 4.74 Å². The molecule has 1 aromatic carbocycles. The zero-order valence-corrected chi connectivity index (χ0v) is 17.4. The number of anilines is 1. The molecule has 0 fully saturated rings. The molecule has 9 nitrogen and oxygen atoms in total. The highest BCUT2D eigenvalue weighted by molar-refractivity contribution is 5.99. The standard InChI is InChI=1S/C20H30N4O5/c1-5-21-8-9-22-19(27)17-10-16(24-18(26)11-23-14(4)25)7-6-15(17)12-29-20(28)13(2)3/h6-7,10,13,21H,5,8-9,11-12H2,1-4H3,(H,22,27)(H,23,25)(H,24,26). The van der Waals surface area contributed by atoms with E-state index in [1.807, 2.05) is 6.92 Å². The van der Waals surface area contributed by atoms with Crippen molar-refractivity contribution in [2.45, 2.75) is 34.3 Å². The molecule has 0 spiro atoms. The summed E-state index contributed by atoms with van der Waals surface area (Å²) in [6.45, 7) is 8.35. The van der Waals surface area contributed by atoms with Crippen molar-refractivity contribution in [1.29, 1.82) is 0 Å². The number of carbonyl (C=O) groups is 4. The first kappa shape index (κ1) is 24.1. The average molecular weight is 406 g/mol. The fourth-order valence-electron chi connectivity index (χ4n) is 2.25. The van der Waals surface area contributed by atoms with Crippen molar-refractivity contribution in [3.8, 4) is 0 Å². The smallest absolute Gasteiger partial charge is 0.308 e. The molecule has 0 aliphatic rings. The van der Waals surface area contributed by atoms with Gasteiger partial charge in [0.2, 0.25) is 11.8 Å². The molecule has 0 atom stereocenters. The van der Waals surface area contributed by atoms with E-state index in [-0.39, 0.29) is 36.9 Å². The highest BCUT2D eigenvalue weighted by Crippen LogP contribution is 2.18. The predicted molar refractivity (Wildman–Crippen MR) is 109 cm³/mol. The normalized spacial score (nSPS) is 10.4. The van der Waals surface area contributed by atoms with Gasteiger partial charge in [-0.15, -0.1) is 0 Å². The second kappa shape index (κ2) is 12.5. The van der Waals surface area contributed by atoms with Crippen LogP contribution in [0.3, 0.4) is 0 Å². The van der Waals surface area contributed by atoms with E-state index < -0.39 is 5.91 Å². The first-order valence-electron chi connectivity index (χ1n) is 9.57. The molecule has 0 aliphatic carbocycles. The molecule has 0 unspecified atom stereocenters. The molecule has 0 radical (unpaired) electrons. The quantitative estimate of drug-likeness (QED) is 0.318. The Labute approximate surface area is 170 Å². The van der Waals surface area contributed by atoms with Gasteiger partial charge in [0.15, 0.2) is 0 Å². The molecule has 0 saturated heterocycles. The lowest BCUT2D eigenvalue weighted by molar-refractivity contribution is -0.148. The molecule has 1 aromatic rings. The number of carbonyl (C=O) groups excluding carboxylic acids is 4. The lowest BCUT2D eigenvalue weighted by Gasteiger charge is -2.14. The van der Waals surface area contributed by atoms with E-state index in [1.54, 1.807) is 26.0 Å². The first-order chi connectivity index (χ1) is 13.7. The van der Waals surface area contributed by atoms with Crippen LogP contribution in [-0.2, 0) is 25.7 Å². The largest absolute Gasteiger partial charge is 0.461 e. The first-order valence-corrected chi connectivity index (χ1v) is 9.57. The van der Waals surface area contributed by atoms with Crippen molar-refractivity contribution >= 4 is 29.4 Å². The molecule has 4 N–H and O–H groups in total. The highest BCUT2D eigenvalue weighted by atomic mass is 16.5. The van der Waals surface area contributed by atoms with Gasteiger partial charge in [-0.1, -0.05) is 26.8 Å². The van der Waals surface area contributed by atoms with E-state index in [2.05, 4.69) is 21.3 Å². The molecule has 160 valence electrons. The number of hydrogen-bond donors (Lipinski definition) is 4. The van der Waals surface area contributed by atoms with Crippen LogP contribution in [0, 0.1) is 5.92 Å². The zero-order valence-electron chi connectivity index (χ0n) is 17.4. The Morgan fingerprint density at radius 1 is 1.07 bits per heavy atom. The van der Waals surface area contributed by atoms with E-state index in [1.165, 1.54) is 13.0 Å². The van der Waals surface area contributed by atoms with E-state index >= 15 is 0 Å². The van der Waals surface area contributed by atoms with Crippen LogP contribution in [0.5, 0.6) is 0 Å². The summed E-state index contributed by atoms with van der Waals surface area (Å²) in [5.41, 5.74) is 1.23. The number of benzene rings is 1. The number of hydrogen-bond acceptors (Lipinski definition) is 6. The Kier molecular flexibility index (Phi) is 10.4. The van der Waals surface area contributed by atoms with Gasteiger partial charge in [-0.25, -0.2) is 0 Å². The van der Waals surface area contributed by atoms with Gasteiger partial charge in [0, 0.05) is 36.8 Å². The topological polar surface area (TPSA) is 126 Å². The minimum atomic E-state index is -0.419. The third kappa shape index (κ3) is 9.20. The van der Waals surface area contributed by atoms with Crippen molar-refractivity contribution in [2.24, 2.45) is 5.92 Å². The van der Waals surface area contributed by atoms with Crippen LogP contribution in [0.2, 0.25) is 0 Å². The minimum Gasteiger partial charge on any atom is -0.461 e. The molecule has 0 saturated carbocycles. The SMILES string of the molecule is CCNCCNC(=O)c1cc(NC(=O)CNC(C)=O)ccc1COC(=O)C(C)C. The third-order valence-corrected chi connectivity index (χ3v) is 3.81. The van der Waals surface area contributed by atoms with Crippen LogP contribution in [-0.4, -0.2) is 49.9 Å². The van der Waals surface area contributed by atoms with Crippen LogP contribution in [0.25, 0.3) is 0 Å². The second-order valence-corrected chi connectivity index (χ2v) is 6.70. The molecule has 0 aliphatic heterocycles. The monoisotopic (exact) mass is 406 g/mol. The molecular weight excluding hydrogens is 376 g/mol. The van der Waals surface area contributed by atoms with Crippen molar-refractivity contribution in [2.75, 3.05) is 31.5 Å². The average Bonchev–Trinajstić information content (AvgIpc) is 2.68. The maximum absolute atomic E-state index is 12.6. The fourth-order valence-corrected chi connectivity index (χ4v) is 2.25. The molecular formula is C20H30N4O5. The number of nitrogens with one attached hydrogen (secondary N) is 4. The summed E-state index contributed by atoms with van der Waals surface area (Å²) in [4.78, 5) is 47.2. The molecule has 9 heteroatoms. The predicted octanol–water partition coefficient (Wildman–Crippen LogP) is 0.800. The Balaban J connectivity index is 2.92. The number of amides is 3. The van der Waals surface area contributed by atoms with Gasteiger partial charge in [-0.3, -0.25) is 19.2 Å². The summed E-state index contributed by atoms with van der Waals surface area (Å²) in [5, 5.41) is 10.9. The Morgan fingerprint density at radius 3 is 2.41 bits per heavy atom. The maximum Gasteiger partial charge on any atom is 0.308 e. The fraction of sp³-hybridized carbons (Fsp3) is 0.500. The summed E-state index contributed by atoms with van der Waals surface area (Å²) in [5.74, 6) is -1.71. The van der Waals surface area contributed by atoms with Gasteiger partial charge < -0.3 is 26.0 Å². The molecule has 0 aromatic heterocycles. The number of ether oxygens (including phenoxy) is 1. The second-order valence-electron chi connectivity index (χ2n) is 6.70. The van der Waals surface area contributed by atoms with Gasteiger partial charge >= 0.3 is 5.97 Å². The maximum atomic E-state index is 12.6. The van der Waals surface area contributed by atoms with Crippen molar-refractivity contribution in [1.82, 2.24) is 16.0 Å². The van der Waals surface area contributed by atoms with Gasteiger partial charge in [0.05, 0.1) is 12.5 Å². The lowest BCUT2D eigenvalue weighted by atomic mass is 10.1. The summed E-state index contributed by atoms with van der Waals surface area (Å²) in [7, 11) is 0. The summed E-state index contributed by atoms with van der Waals surface area (Å²) in [6, 6.07) is 4.76. The Bertz CT molecular complexity index is 734. The number of likely N-dealkylation sites (N-methyl/N-ethyl adjacent to an activating group) is 1. The molecule has 29 heavy (non-hydrogen) atoms. The minimum absolute atomic E-state index is 0.0485. The van der Waals surface area contributed by atoms with Gasteiger partial charge in [0.25, 0.3) is 5.91 Å². The van der Waals surface area contributed by atoms with Crippen LogP contribution in [0.15, 0.2) is 18.2 Å². The third-order valence-electron chi connectivity index (χ3n) is 3.81. The van der Waals surface area contributed by atoms with Crippen molar-refractivity contribution in [3.05, 3.63) is 29.3 Å². The van der Waals surface area contributed by atoms with Gasteiger partial charge in [-0.2, -0.15) is 0 Å². The lowest BCUT2D eigenvalue weighted by Crippen LogP contribution is -2.33. The summed E-state index contributed by atoms with van der Waals surface area (Å²) >= 11 is 0. The Morgan fingerprint density at radius 2 is 1.79 bits per heavy atom.